The second kappa shape index (κ2) is 5.94. The van der Waals surface area contributed by atoms with Crippen LogP contribution in [0.5, 0.6) is 0 Å². The molecule has 0 spiro atoms. The highest BCUT2D eigenvalue weighted by Crippen LogP contribution is 2.42. The Morgan fingerprint density at radius 2 is 1.29 bits per heavy atom. The molecule has 116 valence electrons. The smallest absolute Gasteiger partial charge is 0.195 e. The number of carbonyl (C=O) groups is 1. The fourth-order valence-corrected chi connectivity index (χ4v) is 3.64. The highest BCUT2D eigenvalue weighted by Gasteiger charge is 2.30. The normalized spacial score (nSPS) is 14.4. The number of halogens is 2. The van der Waals surface area contributed by atoms with Crippen molar-refractivity contribution in [3.8, 4) is 0 Å². The van der Waals surface area contributed by atoms with Crippen molar-refractivity contribution in [3.05, 3.63) is 105 Å². The van der Waals surface area contributed by atoms with Crippen LogP contribution in [0.4, 0.5) is 0 Å². The van der Waals surface area contributed by atoms with Crippen LogP contribution in [0.15, 0.2) is 66.7 Å². The zero-order chi connectivity index (χ0) is 16.7. The molecular weight excluding hydrogens is 339 g/mol. The van der Waals surface area contributed by atoms with E-state index in [1.165, 1.54) is 0 Å². The Morgan fingerprint density at radius 3 is 2.00 bits per heavy atom. The summed E-state index contributed by atoms with van der Waals surface area (Å²) in [5, 5.41) is 1.02. The summed E-state index contributed by atoms with van der Waals surface area (Å²) in [6, 6.07) is 20.9. The molecule has 0 N–H and O–H groups in total. The van der Waals surface area contributed by atoms with Gasteiger partial charge in [-0.25, -0.2) is 0 Å². The van der Waals surface area contributed by atoms with Gasteiger partial charge in [0.2, 0.25) is 0 Å². The van der Waals surface area contributed by atoms with Crippen LogP contribution in [0, 0.1) is 0 Å². The Morgan fingerprint density at radius 1 is 0.667 bits per heavy atom. The minimum atomic E-state index is -0.0849. The molecular formula is C21H12Cl2O. The number of fused-ring (bicyclic) bond motifs is 2. The van der Waals surface area contributed by atoms with Gasteiger partial charge in [-0.3, -0.25) is 4.79 Å². The molecule has 3 aromatic rings. The van der Waals surface area contributed by atoms with Gasteiger partial charge in [-0.2, -0.15) is 0 Å². The number of benzene rings is 3. The van der Waals surface area contributed by atoms with Crippen molar-refractivity contribution < 1.29 is 4.79 Å². The van der Waals surface area contributed by atoms with Crippen molar-refractivity contribution >= 4 is 40.6 Å². The maximum atomic E-state index is 12.9. The zero-order valence-electron chi connectivity index (χ0n) is 12.6. The van der Waals surface area contributed by atoms with Crippen molar-refractivity contribution in [1.82, 2.24) is 0 Å². The predicted molar refractivity (Wildman–Crippen MR) is 99.8 cm³/mol. The lowest BCUT2D eigenvalue weighted by Gasteiger charge is -2.23. The SMILES string of the molecule is O=C1c2cccc(Cl)c2/C(=C/c2ccccc2)c2cccc(Cl)c21. The van der Waals surface area contributed by atoms with Gasteiger partial charge in [-0.1, -0.05) is 77.8 Å². The van der Waals surface area contributed by atoms with E-state index in [9.17, 15) is 4.79 Å². The van der Waals surface area contributed by atoms with E-state index in [0.29, 0.717) is 21.2 Å². The summed E-state index contributed by atoms with van der Waals surface area (Å²) in [5.41, 5.74) is 4.67. The second-order valence-electron chi connectivity index (χ2n) is 5.62. The minimum absolute atomic E-state index is 0.0849. The molecule has 3 aromatic carbocycles. The van der Waals surface area contributed by atoms with E-state index in [2.05, 4.69) is 0 Å². The molecule has 0 amide bonds. The van der Waals surface area contributed by atoms with Crippen LogP contribution in [0.1, 0.15) is 32.6 Å². The predicted octanol–water partition coefficient (Wildman–Crippen LogP) is 6.13. The molecule has 0 heterocycles. The molecule has 1 nitrogen and oxygen atoms in total. The average molecular weight is 351 g/mol. The third-order valence-electron chi connectivity index (χ3n) is 4.17. The molecule has 0 saturated heterocycles. The summed E-state index contributed by atoms with van der Waals surface area (Å²) in [6.45, 7) is 0. The Balaban J connectivity index is 2.08. The van der Waals surface area contributed by atoms with Crippen LogP contribution < -0.4 is 0 Å². The van der Waals surface area contributed by atoms with Gasteiger partial charge in [-0.05, 0) is 34.9 Å². The van der Waals surface area contributed by atoms with E-state index in [4.69, 9.17) is 23.2 Å². The molecule has 24 heavy (non-hydrogen) atoms. The van der Waals surface area contributed by atoms with Gasteiger partial charge in [0.25, 0.3) is 0 Å². The minimum Gasteiger partial charge on any atom is -0.289 e. The fraction of sp³-hybridized carbons (Fsp3) is 0. The van der Waals surface area contributed by atoms with E-state index < -0.39 is 0 Å². The van der Waals surface area contributed by atoms with Gasteiger partial charge in [0.1, 0.15) is 0 Å². The van der Waals surface area contributed by atoms with Crippen LogP contribution in [-0.2, 0) is 0 Å². The highest BCUT2D eigenvalue weighted by atomic mass is 35.5. The quantitative estimate of drug-likeness (QED) is 0.403. The van der Waals surface area contributed by atoms with Gasteiger partial charge in [0.05, 0.1) is 5.02 Å². The van der Waals surface area contributed by atoms with Crippen molar-refractivity contribution in [2.75, 3.05) is 0 Å². The molecule has 0 radical (unpaired) electrons. The second-order valence-corrected chi connectivity index (χ2v) is 6.44. The lowest BCUT2D eigenvalue weighted by Crippen LogP contribution is -2.15. The first-order valence-electron chi connectivity index (χ1n) is 7.56. The van der Waals surface area contributed by atoms with Gasteiger partial charge in [-0.15, -0.1) is 0 Å². The van der Waals surface area contributed by atoms with E-state index in [1.807, 2.05) is 54.6 Å². The molecule has 0 saturated carbocycles. The van der Waals surface area contributed by atoms with Crippen LogP contribution in [0.3, 0.4) is 0 Å². The molecule has 0 aliphatic heterocycles. The van der Waals surface area contributed by atoms with Crippen LogP contribution in [-0.4, -0.2) is 5.78 Å². The molecule has 1 aliphatic carbocycles. The molecule has 0 unspecified atom stereocenters. The van der Waals surface area contributed by atoms with Crippen molar-refractivity contribution in [2.24, 2.45) is 0 Å². The van der Waals surface area contributed by atoms with E-state index in [-0.39, 0.29) is 5.78 Å². The number of carbonyl (C=O) groups excluding carboxylic acids is 1. The lowest BCUT2D eigenvalue weighted by molar-refractivity contribution is 0.103. The Bertz CT molecular complexity index is 988. The lowest BCUT2D eigenvalue weighted by atomic mass is 9.80. The first-order valence-corrected chi connectivity index (χ1v) is 8.31. The van der Waals surface area contributed by atoms with Crippen molar-refractivity contribution in [3.63, 3.8) is 0 Å². The summed E-state index contributed by atoms with van der Waals surface area (Å²) in [6.07, 6.45) is 2.05. The zero-order valence-corrected chi connectivity index (χ0v) is 14.1. The highest BCUT2D eigenvalue weighted by molar-refractivity contribution is 6.39. The van der Waals surface area contributed by atoms with Gasteiger partial charge >= 0.3 is 0 Å². The summed E-state index contributed by atoms with van der Waals surface area (Å²) < 4.78 is 0. The first kappa shape index (κ1) is 15.2. The van der Waals surface area contributed by atoms with Crippen LogP contribution in [0.25, 0.3) is 11.6 Å². The van der Waals surface area contributed by atoms with Gasteiger partial charge in [0.15, 0.2) is 5.78 Å². The number of hydrogen-bond donors (Lipinski definition) is 0. The Labute approximate surface area is 150 Å². The monoisotopic (exact) mass is 350 g/mol. The van der Waals surface area contributed by atoms with E-state index in [1.54, 1.807) is 18.2 Å². The maximum absolute atomic E-state index is 12.9. The fourth-order valence-electron chi connectivity index (χ4n) is 3.10. The number of ketones is 1. The number of rotatable bonds is 1. The molecule has 0 atom stereocenters. The number of hydrogen-bond acceptors (Lipinski definition) is 1. The summed E-state index contributed by atoms with van der Waals surface area (Å²) >= 11 is 12.8. The third kappa shape index (κ3) is 2.37. The average Bonchev–Trinajstić information content (AvgIpc) is 2.59. The van der Waals surface area contributed by atoms with Gasteiger partial charge < -0.3 is 0 Å². The van der Waals surface area contributed by atoms with E-state index >= 15 is 0 Å². The topological polar surface area (TPSA) is 17.1 Å². The summed E-state index contributed by atoms with van der Waals surface area (Å²) in [7, 11) is 0. The standard InChI is InChI=1S/C21H12Cl2O/c22-17-10-5-9-15-19(17)16(12-13-6-2-1-3-7-13)14-8-4-11-18(23)20(14)21(15)24/h1-12H/b16-12+. The molecule has 0 fully saturated rings. The maximum Gasteiger partial charge on any atom is 0.195 e. The molecule has 0 aromatic heterocycles. The largest absolute Gasteiger partial charge is 0.289 e. The first-order chi connectivity index (χ1) is 11.7. The Kier molecular flexibility index (Phi) is 3.76. The summed E-state index contributed by atoms with van der Waals surface area (Å²) in [4.78, 5) is 12.9. The van der Waals surface area contributed by atoms with E-state index in [0.717, 1.165) is 22.3 Å². The van der Waals surface area contributed by atoms with Crippen LogP contribution in [0.2, 0.25) is 10.0 Å². The van der Waals surface area contributed by atoms with Crippen molar-refractivity contribution in [1.29, 1.82) is 0 Å². The summed E-state index contributed by atoms with van der Waals surface area (Å²) in [5.74, 6) is -0.0849. The van der Waals surface area contributed by atoms with Crippen LogP contribution >= 0.6 is 23.2 Å². The third-order valence-corrected chi connectivity index (χ3v) is 4.80. The van der Waals surface area contributed by atoms with Crippen molar-refractivity contribution in [2.45, 2.75) is 0 Å². The molecule has 4 rings (SSSR count). The molecule has 1 aliphatic rings. The Hall–Kier alpha value is -2.35. The molecule has 0 bridgehead atoms. The molecule has 3 heteroatoms. The van der Waals surface area contributed by atoms with Gasteiger partial charge in [0, 0.05) is 21.7 Å².